The molecule has 0 saturated carbocycles. The van der Waals surface area contributed by atoms with E-state index in [9.17, 15) is 4.79 Å². The summed E-state index contributed by atoms with van der Waals surface area (Å²) in [7, 11) is 0. The molecule has 0 bridgehead atoms. The van der Waals surface area contributed by atoms with Crippen LogP contribution in [-0.2, 0) is 6.42 Å². The Hall–Kier alpha value is -3.05. The predicted octanol–water partition coefficient (Wildman–Crippen LogP) is 3.43. The molecule has 128 valence electrons. The van der Waals surface area contributed by atoms with Crippen LogP contribution < -0.4 is 10.1 Å². The van der Waals surface area contributed by atoms with Crippen LogP contribution in [0.5, 0.6) is 0 Å². The highest BCUT2D eigenvalue weighted by molar-refractivity contribution is 7.15. The third kappa shape index (κ3) is 3.34. The first-order valence-corrected chi connectivity index (χ1v) is 9.28. The quantitative estimate of drug-likeness (QED) is 0.561. The fourth-order valence-electron chi connectivity index (χ4n) is 2.66. The number of fused-ring (bicyclic) bond motifs is 1. The molecule has 0 spiro atoms. The zero-order chi connectivity index (χ0) is 17.9. The first kappa shape index (κ1) is 16.4. The lowest BCUT2D eigenvalue weighted by Gasteiger charge is -1.96. The normalized spacial score (nSPS) is 12.4. The van der Waals surface area contributed by atoms with Gasteiger partial charge in [-0.05, 0) is 35.3 Å². The molecule has 2 aromatic carbocycles. The van der Waals surface area contributed by atoms with E-state index in [0.717, 1.165) is 17.5 Å². The SMILES string of the molecule is CCc1ccc(/C=c2/sc3nc(/C=C/c4ccccc4)nn3c2=O)cc1. The number of hydrogen-bond donors (Lipinski definition) is 0. The maximum absolute atomic E-state index is 12.6. The molecule has 0 N–H and O–H groups in total. The van der Waals surface area contributed by atoms with Crippen LogP contribution in [0.4, 0.5) is 0 Å². The molecule has 4 nitrogen and oxygen atoms in total. The van der Waals surface area contributed by atoms with Crippen LogP contribution >= 0.6 is 11.3 Å². The summed E-state index contributed by atoms with van der Waals surface area (Å²) in [6.45, 7) is 2.12. The van der Waals surface area contributed by atoms with Gasteiger partial charge in [-0.2, -0.15) is 9.50 Å². The minimum absolute atomic E-state index is 0.128. The van der Waals surface area contributed by atoms with Crippen LogP contribution in [0.15, 0.2) is 59.4 Å². The van der Waals surface area contributed by atoms with Gasteiger partial charge in [-0.3, -0.25) is 4.79 Å². The molecule has 0 saturated heterocycles. The van der Waals surface area contributed by atoms with Crippen LogP contribution in [-0.4, -0.2) is 14.6 Å². The second kappa shape index (κ2) is 7.06. The Labute approximate surface area is 154 Å². The Morgan fingerprint density at radius 3 is 2.46 bits per heavy atom. The maximum atomic E-state index is 12.6. The van der Waals surface area contributed by atoms with Gasteiger partial charge >= 0.3 is 0 Å². The molecule has 0 aliphatic carbocycles. The number of aromatic nitrogens is 3. The van der Waals surface area contributed by atoms with Crippen molar-refractivity contribution in [2.24, 2.45) is 0 Å². The molecular formula is C21H17N3OS. The van der Waals surface area contributed by atoms with Crippen LogP contribution in [0, 0.1) is 0 Å². The van der Waals surface area contributed by atoms with Crippen LogP contribution in [0.3, 0.4) is 0 Å². The number of thiazole rings is 1. The molecule has 0 unspecified atom stereocenters. The first-order chi connectivity index (χ1) is 12.7. The second-order valence-corrected chi connectivity index (χ2v) is 6.93. The van der Waals surface area contributed by atoms with E-state index in [4.69, 9.17) is 0 Å². The molecule has 5 heteroatoms. The number of rotatable bonds is 4. The van der Waals surface area contributed by atoms with E-state index < -0.39 is 0 Å². The van der Waals surface area contributed by atoms with Crippen LogP contribution in [0.1, 0.15) is 29.4 Å². The number of aryl methyl sites for hydroxylation is 1. The molecule has 4 aromatic rings. The van der Waals surface area contributed by atoms with Gasteiger partial charge in [0, 0.05) is 0 Å². The average Bonchev–Trinajstić information content (AvgIpc) is 3.21. The lowest BCUT2D eigenvalue weighted by molar-refractivity contribution is 0.925. The monoisotopic (exact) mass is 359 g/mol. The van der Waals surface area contributed by atoms with E-state index in [1.807, 2.05) is 60.7 Å². The fraction of sp³-hybridized carbons (Fsp3) is 0.0952. The van der Waals surface area contributed by atoms with Crippen molar-refractivity contribution in [3.8, 4) is 0 Å². The van der Waals surface area contributed by atoms with Gasteiger partial charge in [0.25, 0.3) is 5.56 Å². The summed E-state index contributed by atoms with van der Waals surface area (Å²) in [6.07, 6.45) is 6.65. The van der Waals surface area contributed by atoms with Gasteiger partial charge in [0.1, 0.15) is 0 Å². The van der Waals surface area contributed by atoms with Crippen LogP contribution in [0.25, 0.3) is 23.2 Å². The van der Waals surface area contributed by atoms with Gasteiger partial charge in [-0.15, -0.1) is 5.10 Å². The summed E-state index contributed by atoms with van der Waals surface area (Å²) in [5.74, 6) is 0.538. The standard InChI is InChI=1S/C21H17N3OS/c1-2-15-8-10-17(11-9-15)14-18-20(25)24-21(26-18)22-19(23-24)13-12-16-6-4-3-5-7-16/h3-14H,2H2,1H3/b13-12+,18-14+. The van der Waals surface area contributed by atoms with E-state index in [2.05, 4.69) is 29.1 Å². The van der Waals surface area contributed by atoms with E-state index in [-0.39, 0.29) is 5.56 Å². The summed E-state index contributed by atoms with van der Waals surface area (Å²) in [4.78, 5) is 17.6. The smallest absolute Gasteiger partial charge is 0.266 e. The molecule has 0 atom stereocenters. The van der Waals surface area contributed by atoms with E-state index >= 15 is 0 Å². The Kier molecular flexibility index (Phi) is 4.46. The summed E-state index contributed by atoms with van der Waals surface area (Å²) >= 11 is 1.36. The summed E-state index contributed by atoms with van der Waals surface area (Å²) in [6, 6.07) is 18.2. The van der Waals surface area contributed by atoms with Crippen molar-refractivity contribution in [3.05, 3.63) is 92.0 Å². The summed E-state index contributed by atoms with van der Waals surface area (Å²) in [5.41, 5.74) is 3.23. The Morgan fingerprint density at radius 1 is 1.00 bits per heavy atom. The van der Waals surface area contributed by atoms with Crippen molar-refractivity contribution < 1.29 is 0 Å². The third-order valence-electron chi connectivity index (χ3n) is 4.11. The minimum atomic E-state index is -0.128. The molecule has 0 fully saturated rings. The zero-order valence-electron chi connectivity index (χ0n) is 14.3. The number of hydrogen-bond acceptors (Lipinski definition) is 4. The summed E-state index contributed by atoms with van der Waals surface area (Å²) in [5, 5.41) is 4.31. The molecule has 0 amide bonds. The second-order valence-electron chi connectivity index (χ2n) is 5.92. The van der Waals surface area contributed by atoms with Crippen molar-refractivity contribution in [3.63, 3.8) is 0 Å². The van der Waals surface area contributed by atoms with Gasteiger partial charge in [-0.1, -0.05) is 78.9 Å². The zero-order valence-corrected chi connectivity index (χ0v) is 15.1. The highest BCUT2D eigenvalue weighted by Gasteiger charge is 2.08. The highest BCUT2D eigenvalue weighted by Crippen LogP contribution is 2.09. The Balaban J connectivity index is 1.66. The van der Waals surface area contributed by atoms with E-state index in [1.54, 1.807) is 0 Å². The van der Waals surface area contributed by atoms with Gasteiger partial charge in [0.05, 0.1) is 4.53 Å². The molecule has 0 radical (unpaired) electrons. The summed E-state index contributed by atoms with van der Waals surface area (Å²) < 4.78 is 2.02. The molecule has 4 rings (SSSR count). The first-order valence-electron chi connectivity index (χ1n) is 8.46. The Morgan fingerprint density at radius 2 is 1.77 bits per heavy atom. The lowest BCUT2D eigenvalue weighted by atomic mass is 10.1. The fourth-order valence-corrected chi connectivity index (χ4v) is 3.57. The van der Waals surface area contributed by atoms with Crippen molar-refractivity contribution >= 4 is 34.5 Å². The minimum Gasteiger partial charge on any atom is -0.266 e. The number of nitrogens with zero attached hydrogens (tertiary/aromatic N) is 3. The van der Waals surface area contributed by atoms with E-state index in [0.29, 0.717) is 15.3 Å². The predicted molar refractivity (Wildman–Crippen MR) is 107 cm³/mol. The topological polar surface area (TPSA) is 47.3 Å². The van der Waals surface area contributed by atoms with Crippen molar-refractivity contribution in [1.29, 1.82) is 0 Å². The Bertz CT molecular complexity index is 1170. The van der Waals surface area contributed by atoms with Crippen molar-refractivity contribution in [2.45, 2.75) is 13.3 Å². The van der Waals surface area contributed by atoms with Gasteiger partial charge < -0.3 is 0 Å². The highest BCUT2D eigenvalue weighted by atomic mass is 32.1. The van der Waals surface area contributed by atoms with Crippen molar-refractivity contribution in [2.75, 3.05) is 0 Å². The average molecular weight is 359 g/mol. The van der Waals surface area contributed by atoms with Gasteiger partial charge in [-0.25, -0.2) is 0 Å². The lowest BCUT2D eigenvalue weighted by Crippen LogP contribution is -2.23. The molecule has 26 heavy (non-hydrogen) atoms. The molecule has 0 aliphatic heterocycles. The molecular weight excluding hydrogens is 342 g/mol. The van der Waals surface area contributed by atoms with Crippen LogP contribution in [0.2, 0.25) is 0 Å². The largest absolute Gasteiger partial charge is 0.291 e. The molecule has 2 aromatic heterocycles. The maximum Gasteiger partial charge on any atom is 0.291 e. The van der Waals surface area contributed by atoms with Gasteiger partial charge in [0.15, 0.2) is 5.82 Å². The van der Waals surface area contributed by atoms with Gasteiger partial charge in [0.2, 0.25) is 4.96 Å². The molecule has 2 heterocycles. The number of benzene rings is 2. The van der Waals surface area contributed by atoms with E-state index in [1.165, 1.54) is 21.4 Å². The third-order valence-corrected chi connectivity index (χ3v) is 5.07. The van der Waals surface area contributed by atoms with Crippen molar-refractivity contribution in [1.82, 2.24) is 14.6 Å². The molecule has 0 aliphatic rings.